The van der Waals surface area contributed by atoms with E-state index in [1.54, 1.807) is 0 Å². The number of nitrogens with one attached hydrogen (secondary N) is 2. The summed E-state index contributed by atoms with van der Waals surface area (Å²) >= 11 is 0. The highest BCUT2D eigenvalue weighted by atomic mass is 16.5. The number of hydrogen-bond acceptors (Lipinski definition) is 3. The van der Waals surface area contributed by atoms with Gasteiger partial charge in [0.15, 0.2) is 0 Å². The number of rotatable bonds is 5. The first kappa shape index (κ1) is 13.8. The van der Waals surface area contributed by atoms with Gasteiger partial charge in [0.25, 0.3) is 0 Å². The van der Waals surface area contributed by atoms with Crippen LogP contribution >= 0.6 is 0 Å². The Hall–Kier alpha value is -0.610. The highest BCUT2D eigenvalue weighted by molar-refractivity contribution is 5.76. The summed E-state index contributed by atoms with van der Waals surface area (Å²) in [6.45, 7) is 4.93. The van der Waals surface area contributed by atoms with E-state index in [1.165, 1.54) is 12.8 Å². The molecule has 2 aliphatic rings. The largest absolute Gasteiger partial charge is 0.381 e. The van der Waals surface area contributed by atoms with Crippen LogP contribution in [0.4, 0.5) is 0 Å². The average molecular weight is 254 g/mol. The summed E-state index contributed by atoms with van der Waals surface area (Å²) in [6, 6.07) is 0.854. The van der Waals surface area contributed by atoms with Crippen LogP contribution in [0.3, 0.4) is 0 Å². The van der Waals surface area contributed by atoms with Gasteiger partial charge in [0.05, 0.1) is 0 Å². The van der Waals surface area contributed by atoms with Gasteiger partial charge in [-0.15, -0.1) is 0 Å². The minimum Gasteiger partial charge on any atom is -0.381 e. The molecule has 0 aromatic carbocycles. The third kappa shape index (κ3) is 4.25. The first-order chi connectivity index (χ1) is 8.75. The van der Waals surface area contributed by atoms with Crippen molar-refractivity contribution in [2.75, 3.05) is 19.8 Å². The highest BCUT2D eigenvalue weighted by Gasteiger charge is 2.22. The van der Waals surface area contributed by atoms with E-state index >= 15 is 0 Å². The van der Waals surface area contributed by atoms with Gasteiger partial charge in [-0.25, -0.2) is 0 Å². The topological polar surface area (TPSA) is 50.4 Å². The third-order valence-corrected chi connectivity index (χ3v) is 4.24. The van der Waals surface area contributed by atoms with Crippen LogP contribution in [0, 0.1) is 5.92 Å². The summed E-state index contributed by atoms with van der Waals surface area (Å²) < 4.78 is 5.35. The van der Waals surface area contributed by atoms with Gasteiger partial charge in [-0.05, 0) is 51.5 Å². The maximum atomic E-state index is 11.9. The molecule has 0 aromatic heterocycles. The van der Waals surface area contributed by atoms with Gasteiger partial charge < -0.3 is 15.4 Å². The van der Waals surface area contributed by atoms with E-state index in [-0.39, 0.29) is 11.9 Å². The second-order valence-electron chi connectivity index (χ2n) is 5.64. The van der Waals surface area contributed by atoms with Crippen LogP contribution in [-0.2, 0) is 9.53 Å². The number of carbonyl (C=O) groups excluding carboxylic acids is 1. The third-order valence-electron chi connectivity index (χ3n) is 4.24. The first-order valence-electron chi connectivity index (χ1n) is 7.36. The van der Waals surface area contributed by atoms with Gasteiger partial charge >= 0.3 is 0 Å². The molecule has 2 heterocycles. The fraction of sp³-hybridized carbons (Fsp3) is 0.929. The van der Waals surface area contributed by atoms with Crippen molar-refractivity contribution < 1.29 is 9.53 Å². The van der Waals surface area contributed by atoms with Gasteiger partial charge in [0.1, 0.15) is 0 Å². The summed E-state index contributed by atoms with van der Waals surface area (Å²) in [7, 11) is 0. The van der Waals surface area contributed by atoms with Crippen LogP contribution in [0.5, 0.6) is 0 Å². The Kier molecular flexibility index (Phi) is 5.45. The standard InChI is InChI=1S/C14H26N2O2/c1-11(12-6-9-18-10-7-12)16-14(17)5-4-13-3-2-8-15-13/h11-13,15H,2-10H2,1H3,(H,16,17). The maximum Gasteiger partial charge on any atom is 0.220 e. The summed E-state index contributed by atoms with van der Waals surface area (Å²) in [4.78, 5) is 11.9. The molecule has 2 fully saturated rings. The second kappa shape index (κ2) is 7.10. The van der Waals surface area contributed by atoms with Gasteiger partial charge in [-0.1, -0.05) is 0 Å². The van der Waals surface area contributed by atoms with Gasteiger partial charge in [-0.2, -0.15) is 0 Å². The monoisotopic (exact) mass is 254 g/mol. The SMILES string of the molecule is CC(NC(=O)CCC1CCCN1)C1CCOCC1. The smallest absolute Gasteiger partial charge is 0.220 e. The van der Waals surface area contributed by atoms with Crippen molar-refractivity contribution in [3.8, 4) is 0 Å². The van der Waals surface area contributed by atoms with Crippen molar-refractivity contribution in [2.24, 2.45) is 5.92 Å². The van der Waals surface area contributed by atoms with E-state index in [1.807, 2.05) is 0 Å². The van der Waals surface area contributed by atoms with E-state index in [0.717, 1.165) is 39.0 Å². The fourth-order valence-corrected chi connectivity index (χ4v) is 2.97. The lowest BCUT2D eigenvalue weighted by atomic mass is 9.93. The quantitative estimate of drug-likeness (QED) is 0.781. The summed E-state index contributed by atoms with van der Waals surface area (Å²) in [6.07, 6.45) is 6.27. The summed E-state index contributed by atoms with van der Waals surface area (Å²) in [5, 5.41) is 6.58. The van der Waals surface area contributed by atoms with Gasteiger partial charge in [0, 0.05) is 31.7 Å². The zero-order chi connectivity index (χ0) is 12.8. The lowest BCUT2D eigenvalue weighted by molar-refractivity contribution is -0.122. The summed E-state index contributed by atoms with van der Waals surface area (Å²) in [5.41, 5.74) is 0. The molecule has 18 heavy (non-hydrogen) atoms. The molecule has 104 valence electrons. The molecular formula is C14H26N2O2. The number of hydrogen-bond donors (Lipinski definition) is 2. The van der Waals surface area contributed by atoms with E-state index in [0.29, 0.717) is 18.4 Å². The van der Waals surface area contributed by atoms with E-state index in [2.05, 4.69) is 17.6 Å². The molecule has 0 spiro atoms. The lowest BCUT2D eigenvalue weighted by Crippen LogP contribution is -2.40. The maximum absolute atomic E-state index is 11.9. The molecule has 0 bridgehead atoms. The van der Waals surface area contributed by atoms with E-state index in [4.69, 9.17) is 4.74 Å². The normalized spacial score (nSPS) is 27.1. The zero-order valence-corrected chi connectivity index (χ0v) is 11.4. The molecule has 0 aliphatic carbocycles. The first-order valence-corrected chi connectivity index (χ1v) is 7.36. The van der Waals surface area contributed by atoms with Crippen LogP contribution in [0.2, 0.25) is 0 Å². The molecule has 4 heteroatoms. The van der Waals surface area contributed by atoms with Crippen molar-refractivity contribution in [1.82, 2.24) is 10.6 Å². The van der Waals surface area contributed by atoms with E-state index < -0.39 is 0 Å². The number of carbonyl (C=O) groups is 1. The molecule has 1 amide bonds. The van der Waals surface area contributed by atoms with Crippen LogP contribution in [0.15, 0.2) is 0 Å². The van der Waals surface area contributed by atoms with Crippen molar-refractivity contribution >= 4 is 5.91 Å². The Morgan fingerprint density at radius 2 is 2.17 bits per heavy atom. The molecule has 2 saturated heterocycles. The summed E-state index contributed by atoms with van der Waals surface area (Å²) in [5.74, 6) is 0.801. The Morgan fingerprint density at radius 3 is 2.83 bits per heavy atom. The number of ether oxygens (including phenoxy) is 1. The predicted molar refractivity (Wildman–Crippen MR) is 71.4 cm³/mol. The van der Waals surface area contributed by atoms with Crippen molar-refractivity contribution in [3.05, 3.63) is 0 Å². The minimum absolute atomic E-state index is 0.211. The molecular weight excluding hydrogens is 228 g/mol. The molecule has 2 aliphatic heterocycles. The van der Waals surface area contributed by atoms with Crippen LogP contribution < -0.4 is 10.6 Å². The zero-order valence-electron chi connectivity index (χ0n) is 11.4. The molecule has 0 aromatic rings. The Morgan fingerprint density at radius 1 is 1.39 bits per heavy atom. The highest BCUT2D eigenvalue weighted by Crippen LogP contribution is 2.18. The average Bonchev–Trinajstić information content (AvgIpc) is 2.90. The lowest BCUT2D eigenvalue weighted by Gasteiger charge is -2.28. The van der Waals surface area contributed by atoms with Crippen LogP contribution in [0.1, 0.15) is 45.4 Å². The molecule has 2 atom stereocenters. The minimum atomic E-state index is 0.211. The fourth-order valence-electron chi connectivity index (χ4n) is 2.97. The van der Waals surface area contributed by atoms with Gasteiger partial charge in [-0.3, -0.25) is 4.79 Å². The molecule has 4 nitrogen and oxygen atoms in total. The van der Waals surface area contributed by atoms with Crippen molar-refractivity contribution in [1.29, 1.82) is 0 Å². The predicted octanol–water partition coefficient (Wildman–Crippen LogP) is 1.45. The Labute approximate surface area is 110 Å². The van der Waals surface area contributed by atoms with Crippen LogP contribution in [-0.4, -0.2) is 37.7 Å². The Bertz CT molecular complexity index is 259. The van der Waals surface area contributed by atoms with E-state index in [9.17, 15) is 4.79 Å². The molecule has 0 radical (unpaired) electrons. The van der Waals surface area contributed by atoms with Crippen molar-refractivity contribution in [2.45, 2.75) is 57.5 Å². The Balaban J connectivity index is 1.62. The second-order valence-corrected chi connectivity index (χ2v) is 5.64. The molecule has 2 rings (SSSR count). The van der Waals surface area contributed by atoms with Crippen LogP contribution in [0.25, 0.3) is 0 Å². The molecule has 2 unspecified atom stereocenters. The number of amides is 1. The molecule has 0 saturated carbocycles. The molecule has 2 N–H and O–H groups in total. The van der Waals surface area contributed by atoms with Crippen molar-refractivity contribution in [3.63, 3.8) is 0 Å². The van der Waals surface area contributed by atoms with Gasteiger partial charge in [0.2, 0.25) is 5.91 Å².